The van der Waals surface area contributed by atoms with E-state index in [1.165, 1.54) is 0 Å². The Bertz CT molecular complexity index is 202. The number of rotatable bonds is 5. The summed E-state index contributed by atoms with van der Waals surface area (Å²) in [7, 11) is 0. The number of ether oxygens (including phenoxy) is 1. The molecular weight excluding hydrogens is 273 g/mol. The summed E-state index contributed by atoms with van der Waals surface area (Å²) < 4.78 is 5.39. The molecule has 1 aliphatic heterocycles. The van der Waals surface area contributed by atoms with Gasteiger partial charge in [-0.2, -0.15) is 6.20 Å². The Kier molecular flexibility index (Phi) is 8.89. The van der Waals surface area contributed by atoms with Gasteiger partial charge in [-0.1, -0.05) is 5.57 Å². The Balaban J connectivity index is 0.00000196. The van der Waals surface area contributed by atoms with E-state index in [1.807, 2.05) is 6.92 Å². The molecule has 0 saturated carbocycles. The third kappa shape index (κ3) is 5.95. The molecule has 0 aromatic heterocycles. The third-order valence-corrected chi connectivity index (χ3v) is 2.11. The Morgan fingerprint density at radius 2 is 2.33 bits per heavy atom. The van der Waals surface area contributed by atoms with Crippen molar-refractivity contribution in [2.45, 2.75) is 32.1 Å². The summed E-state index contributed by atoms with van der Waals surface area (Å²) in [5, 5.41) is 21.4. The second-order valence-electron chi connectivity index (χ2n) is 3.43. The van der Waals surface area contributed by atoms with Crippen molar-refractivity contribution in [3.8, 4) is 0 Å². The van der Waals surface area contributed by atoms with E-state index in [9.17, 15) is 0 Å². The summed E-state index contributed by atoms with van der Waals surface area (Å²) in [4.78, 5) is 0. The first kappa shape index (κ1) is 15.5. The molecule has 1 heterocycles. The number of aliphatic hydroxyl groups is 1. The summed E-state index contributed by atoms with van der Waals surface area (Å²) in [6, 6.07) is 0. The van der Waals surface area contributed by atoms with Gasteiger partial charge in [-0.05, 0) is 26.0 Å². The van der Waals surface area contributed by atoms with Gasteiger partial charge in [0.15, 0.2) is 0 Å². The molecule has 0 spiro atoms. The second-order valence-corrected chi connectivity index (χ2v) is 3.43. The van der Waals surface area contributed by atoms with E-state index in [0.717, 1.165) is 18.4 Å². The Hall–Kier alpha value is 0.484. The number of hydrogen-bond acceptors (Lipinski definition) is 4. The van der Waals surface area contributed by atoms with E-state index in [1.54, 1.807) is 6.20 Å². The van der Waals surface area contributed by atoms with Crippen molar-refractivity contribution < 1.29 is 47.8 Å². The van der Waals surface area contributed by atoms with Crippen molar-refractivity contribution in [1.82, 2.24) is 5.48 Å². The van der Waals surface area contributed by atoms with Crippen LogP contribution < -0.4 is 5.48 Å². The van der Waals surface area contributed by atoms with Gasteiger partial charge in [0, 0.05) is 39.3 Å². The van der Waals surface area contributed by atoms with Crippen molar-refractivity contribution in [3.05, 3.63) is 17.1 Å². The maximum absolute atomic E-state index is 8.82. The predicted octanol–water partition coefficient (Wildman–Crippen LogP) is 0.738. The van der Waals surface area contributed by atoms with Crippen molar-refractivity contribution in [2.75, 3.05) is 13.2 Å². The molecule has 0 aromatic carbocycles. The molecule has 0 bridgehead atoms. The Morgan fingerprint density at radius 1 is 1.60 bits per heavy atom. The molecule has 1 saturated heterocycles. The van der Waals surface area contributed by atoms with Gasteiger partial charge in [-0.15, -0.1) is 0 Å². The summed E-state index contributed by atoms with van der Waals surface area (Å²) in [6.45, 7) is 2.33. The first-order valence-electron chi connectivity index (χ1n) is 4.75. The zero-order chi connectivity index (χ0) is 10.4. The van der Waals surface area contributed by atoms with Crippen LogP contribution in [0.3, 0.4) is 0 Å². The molecule has 2 atom stereocenters. The molecule has 85 valence electrons. The number of hydrogen-bond donors (Lipinski definition) is 3. The van der Waals surface area contributed by atoms with E-state index < -0.39 is 0 Å². The topological polar surface area (TPSA) is 75.8 Å². The average Bonchev–Trinajstić information content (AvgIpc) is 2.63. The van der Waals surface area contributed by atoms with Crippen LogP contribution in [0.2, 0.25) is 0 Å². The van der Waals surface area contributed by atoms with Crippen LogP contribution in [0.1, 0.15) is 19.8 Å². The van der Waals surface area contributed by atoms with Crippen LogP contribution in [0.5, 0.6) is 0 Å². The molecule has 1 aliphatic rings. The molecular formula is C9H17N2O3Y-. The first-order chi connectivity index (χ1) is 6.76. The molecule has 1 radical (unpaired) electrons. The number of hydroxylamine groups is 1. The maximum atomic E-state index is 8.82. The zero-order valence-corrected chi connectivity index (χ0v) is 11.7. The van der Waals surface area contributed by atoms with Crippen LogP contribution >= 0.6 is 0 Å². The standard InChI is InChI=1S/C9H17N2O3.Y/c1-7(5-11-13)4-10-9-3-2-8(6-12)14-9;/h4,8-9,11-13H,2-3,5-6H2,1H3;/q-1;/b7-4-;/t8-,9?;/m0./s1. The van der Waals surface area contributed by atoms with Crippen molar-refractivity contribution in [3.63, 3.8) is 0 Å². The van der Waals surface area contributed by atoms with E-state index in [-0.39, 0.29) is 51.6 Å². The van der Waals surface area contributed by atoms with Crippen LogP contribution in [-0.4, -0.2) is 35.8 Å². The zero-order valence-electron chi connectivity index (χ0n) is 8.89. The monoisotopic (exact) mass is 290 g/mol. The van der Waals surface area contributed by atoms with Crippen molar-refractivity contribution in [2.24, 2.45) is 0 Å². The van der Waals surface area contributed by atoms with Crippen LogP contribution in [0.4, 0.5) is 0 Å². The van der Waals surface area contributed by atoms with Gasteiger partial charge >= 0.3 is 0 Å². The van der Waals surface area contributed by atoms with Crippen molar-refractivity contribution >= 4 is 0 Å². The summed E-state index contributed by atoms with van der Waals surface area (Å²) >= 11 is 0. The van der Waals surface area contributed by atoms with Gasteiger partial charge in [0.1, 0.15) is 0 Å². The Morgan fingerprint density at radius 3 is 2.87 bits per heavy atom. The normalized spacial score (nSPS) is 26.2. The maximum Gasteiger partial charge on any atom is 0.0789 e. The second kappa shape index (κ2) is 8.61. The first-order valence-corrected chi connectivity index (χ1v) is 4.75. The molecule has 0 aliphatic carbocycles. The number of aliphatic hydroxyl groups excluding tert-OH is 1. The molecule has 15 heavy (non-hydrogen) atoms. The molecule has 6 heteroatoms. The van der Waals surface area contributed by atoms with Gasteiger partial charge in [0.25, 0.3) is 0 Å². The van der Waals surface area contributed by atoms with Crippen LogP contribution in [0.15, 0.2) is 11.8 Å². The number of nitrogens with one attached hydrogen (secondary N) is 1. The van der Waals surface area contributed by atoms with Gasteiger partial charge in [0.05, 0.1) is 12.7 Å². The smallest absolute Gasteiger partial charge is 0.0789 e. The SMILES string of the molecule is C/C(=C/[N-]C1CC[C@@H](CO)O1)CNO.[Y]. The Labute approximate surface area is 115 Å². The van der Waals surface area contributed by atoms with Gasteiger partial charge in [0.2, 0.25) is 0 Å². The van der Waals surface area contributed by atoms with Crippen LogP contribution in [0, 0.1) is 0 Å². The van der Waals surface area contributed by atoms with E-state index in [0.29, 0.717) is 6.54 Å². The molecule has 0 amide bonds. The third-order valence-electron chi connectivity index (χ3n) is 2.11. The fraction of sp³-hybridized carbons (Fsp3) is 0.778. The number of nitrogens with zero attached hydrogens (tertiary/aromatic N) is 1. The summed E-state index contributed by atoms with van der Waals surface area (Å²) in [5.41, 5.74) is 2.99. The van der Waals surface area contributed by atoms with E-state index in [4.69, 9.17) is 15.1 Å². The van der Waals surface area contributed by atoms with Gasteiger partial charge in [-0.3, -0.25) is 0 Å². The molecule has 5 nitrogen and oxygen atoms in total. The minimum absolute atomic E-state index is 0. The molecule has 1 rings (SSSR count). The predicted molar refractivity (Wildman–Crippen MR) is 51.9 cm³/mol. The van der Waals surface area contributed by atoms with E-state index >= 15 is 0 Å². The van der Waals surface area contributed by atoms with Crippen LogP contribution in [-0.2, 0) is 37.4 Å². The average molecular weight is 290 g/mol. The fourth-order valence-corrected chi connectivity index (χ4v) is 1.31. The van der Waals surface area contributed by atoms with Crippen molar-refractivity contribution in [1.29, 1.82) is 0 Å². The van der Waals surface area contributed by atoms with Gasteiger partial charge in [-0.25, -0.2) is 5.48 Å². The molecule has 0 aromatic rings. The minimum Gasteiger partial charge on any atom is -0.666 e. The largest absolute Gasteiger partial charge is 0.666 e. The quantitative estimate of drug-likeness (QED) is 0.653. The molecule has 3 N–H and O–H groups in total. The van der Waals surface area contributed by atoms with Crippen LogP contribution in [0.25, 0.3) is 5.32 Å². The van der Waals surface area contributed by atoms with Gasteiger partial charge < -0.3 is 20.4 Å². The minimum atomic E-state index is -0.138. The summed E-state index contributed by atoms with van der Waals surface area (Å²) in [5.74, 6) is 0. The fourth-order valence-electron chi connectivity index (χ4n) is 1.31. The molecule has 1 fully saturated rings. The van der Waals surface area contributed by atoms with E-state index in [2.05, 4.69) is 10.8 Å². The summed E-state index contributed by atoms with van der Waals surface area (Å²) in [6.07, 6.45) is 3.19. The molecule has 1 unspecified atom stereocenters.